The van der Waals surface area contributed by atoms with Crippen molar-refractivity contribution in [3.8, 4) is 12.3 Å². The van der Waals surface area contributed by atoms with Gasteiger partial charge in [-0.1, -0.05) is 18.1 Å². The van der Waals surface area contributed by atoms with E-state index in [2.05, 4.69) is 16.6 Å². The minimum atomic E-state index is -0.317. The van der Waals surface area contributed by atoms with Crippen LogP contribution in [0.2, 0.25) is 0 Å². The van der Waals surface area contributed by atoms with E-state index in [-0.39, 0.29) is 24.9 Å². The van der Waals surface area contributed by atoms with Crippen LogP contribution in [0.15, 0.2) is 24.3 Å². The summed E-state index contributed by atoms with van der Waals surface area (Å²) in [7, 11) is 1.61. The van der Waals surface area contributed by atoms with Gasteiger partial charge < -0.3 is 15.4 Å². The lowest BCUT2D eigenvalue weighted by Gasteiger charge is -2.06. The Bertz CT molecular complexity index is 474. The minimum Gasteiger partial charge on any atom is -0.380 e. The Morgan fingerprint density at radius 1 is 1.26 bits per heavy atom. The summed E-state index contributed by atoms with van der Waals surface area (Å²) >= 11 is 0. The number of ether oxygens (including phenoxy) is 1. The van der Waals surface area contributed by atoms with Crippen LogP contribution in [0.4, 0.5) is 0 Å². The molecule has 0 spiro atoms. The maximum atomic E-state index is 11.7. The number of hydrogen-bond acceptors (Lipinski definition) is 3. The number of nitrogens with one attached hydrogen (secondary N) is 2. The Kier molecular flexibility index (Phi) is 6.13. The van der Waals surface area contributed by atoms with E-state index in [9.17, 15) is 9.59 Å². The predicted octanol–water partition coefficient (Wildman–Crippen LogP) is 0.312. The van der Waals surface area contributed by atoms with E-state index in [1.807, 2.05) is 0 Å². The van der Waals surface area contributed by atoms with E-state index >= 15 is 0 Å². The normalized spacial score (nSPS) is 9.47. The van der Waals surface area contributed by atoms with Gasteiger partial charge in [0.1, 0.15) is 0 Å². The number of methoxy groups -OCH3 is 1. The fourth-order valence-corrected chi connectivity index (χ4v) is 1.39. The van der Waals surface area contributed by atoms with Crippen molar-refractivity contribution in [1.29, 1.82) is 0 Å². The molecule has 0 atom stereocenters. The predicted molar refractivity (Wildman–Crippen MR) is 71.3 cm³/mol. The molecule has 5 heteroatoms. The molecule has 0 bridgehead atoms. The molecule has 0 heterocycles. The summed E-state index contributed by atoms with van der Waals surface area (Å²) in [4.78, 5) is 23.0. The van der Waals surface area contributed by atoms with Gasteiger partial charge in [0.05, 0.1) is 19.7 Å². The second-order valence-corrected chi connectivity index (χ2v) is 3.79. The molecule has 2 amide bonds. The molecular weight excluding hydrogens is 244 g/mol. The van der Waals surface area contributed by atoms with Crippen molar-refractivity contribution in [2.75, 3.05) is 20.2 Å². The third-order valence-electron chi connectivity index (χ3n) is 2.32. The van der Waals surface area contributed by atoms with E-state index < -0.39 is 0 Å². The fraction of sp³-hybridized carbons (Fsp3) is 0.286. The van der Waals surface area contributed by atoms with E-state index in [4.69, 9.17) is 11.2 Å². The van der Waals surface area contributed by atoms with Gasteiger partial charge in [-0.05, 0) is 17.7 Å². The molecule has 1 aromatic rings. The molecule has 5 nitrogen and oxygen atoms in total. The lowest BCUT2D eigenvalue weighted by molar-refractivity contribution is -0.119. The molecule has 0 aliphatic rings. The Morgan fingerprint density at radius 3 is 2.53 bits per heavy atom. The molecule has 1 rings (SSSR count). The number of rotatable bonds is 6. The lowest BCUT2D eigenvalue weighted by atomic mass is 10.1. The maximum absolute atomic E-state index is 11.7. The van der Waals surface area contributed by atoms with Crippen LogP contribution in [0.1, 0.15) is 15.9 Å². The second-order valence-electron chi connectivity index (χ2n) is 3.79. The van der Waals surface area contributed by atoms with Crippen molar-refractivity contribution < 1.29 is 14.3 Å². The van der Waals surface area contributed by atoms with Gasteiger partial charge >= 0.3 is 0 Å². The SMILES string of the molecule is C#CCNC(=O)CNC(=O)c1ccc(COC)cc1. The topological polar surface area (TPSA) is 67.4 Å². The van der Waals surface area contributed by atoms with Crippen molar-refractivity contribution in [3.05, 3.63) is 35.4 Å². The van der Waals surface area contributed by atoms with Gasteiger partial charge in [-0.2, -0.15) is 0 Å². The molecular formula is C14H16N2O3. The number of hydrogen-bond donors (Lipinski definition) is 2. The van der Waals surface area contributed by atoms with Gasteiger partial charge in [0.2, 0.25) is 5.91 Å². The summed E-state index contributed by atoms with van der Waals surface area (Å²) < 4.78 is 4.98. The molecule has 1 aromatic carbocycles. The third kappa shape index (κ3) is 5.23. The van der Waals surface area contributed by atoms with Crippen molar-refractivity contribution >= 4 is 11.8 Å². The summed E-state index contributed by atoms with van der Waals surface area (Å²) in [5.74, 6) is 1.66. The van der Waals surface area contributed by atoms with Gasteiger partial charge in [0.25, 0.3) is 5.91 Å². The van der Waals surface area contributed by atoms with Gasteiger partial charge in [-0.15, -0.1) is 6.42 Å². The first-order valence-corrected chi connectivity index (χ1v) is 5.73. The maximum Gasteiger partial charge on any atom is 0.251 e. The largest absolute Gasteiger partial charge is 0.380 e. The van der Waals surface area contributed by atoms with Crippen LogP contribution < -0.4 is 10.6 Å². The smallest absolute Gasteiger partial charge is 0.251 e. The van der Waals surface area contributed by atoms with Crippen molar-refractivity contribution in [2.45, 2.75) is 6.61 Å². The molecule has 19 heavy (non-hydrogen) atoms. The Labute approximate surface area is 112 Å². The highest BCUT2D eigenvalue weighted by atomic mass is 16.5. The molecule has 0 aliphatic carbocycles. The first-order valence-electron chi connectivity index (χ1n) is 5.73. The van der Waals surface area contributed by atoms with E-state index in [0.29, 0.717) is 12.2 Å². The molecule has 0 saturated carbocycles. The quantitative estimate of drug-likeness (QED) is 0.723. The van der Waals surface area contributed by atoms with Crippen LogP contribution in [0.5, 0.6) is 0 Å². The Balaban J connectivity index is 2.45. The zero-order valence-electron chi connectivity index (χ0n) is 10.7. The molecule has 0 unspecified atom stereocenters. The molecule has 0 fully saturated rings. The molecule has 0 radical (unpaired) electrons. The highest BCUT2D eigenvalue weighted by Gasteiger charge is 2.07. The molecule has 2 N–H and O–H groups in total. The highest BCUT2D eigenvalue weighted by Crippen LogP contribution is 2.05. The summed E-state index contributed by atoms with van der Waals surface area (Å²) in [5, 5.41) is 4.97. The van der Waals surface area contributed by atoms with Gasteiger partial charge in [-0.3, -0.25) is 9.59 Å². The average molecular weight is 260 g/mol. The summed E-state index contributed by atoms with van der Waals surface area (Å²) in [6.07, 6.45) is 5.00. The number of terminal acetylenes is 1. The molecule has 0 aliphatic heterocycles. The van der Waals surface area contributed by atoms with Crippen LogP contribution >= 0.6 is 0 Å². The molecule has 0 saturated heterocycles. The fourth-order valence-electron chi connectivity index (χ4n) is 1.39. The molecule has 0 aromatic heterocycles. The van der Waals surface area contributed by atoms with E-state index in [1.165, 1.54) is 0 Å². The average Bonchev–Trinajstić information content (AvgIpc) is 2.43. The zero-order valence-corrected chi connectivity index (χ0v) is 10.7. The summed E-state index contributed by atoms with van der Waals surface area (Å²) in [6.45, 7) is 0.553. The van der Waals surface area contributed by atoms with Gasteiger partial charge in [-0.25, -0.2) is 0 Å². The number of carbonyl (C=O) groups excluding carboxylic acids is 2. The number of amides is 2. The van der Waals surface area contributed by atoms with E-state index in [0.717, 1.165) is 5.56 Å². The first kappa shape index (κ1) is 14.7. The van der Waals surface area contributed by atoms with Crippen LogP contribution in [-0.2, 0) is 16.1 Å². The Hall–Kier alpha value is -2.32. The van der Waals surface area contributed by atoms with Crippen LogP contribution in [0, 0.1) is 12.3 Å². The van der Waals surface area contributed by atoms with Crippen LogP contribution in [0.3, 0.4) is 0 Å². The van der Waals surface area contributed by atoms with Gasteiger partial charge in [0.15, 0.2) is 0 Å². The summed E-state index contributed by atoms with van der Waals surface area (Å²) in [6, 6.07) is 6.97. The van der Waals surface area contributed by atoms with Crippen LogP contribution in [-0.4, -0.2) is 32.0 Å². The first-order chi connectivity index (χ1) is 9.17. The lowest BCUT2D eigenvalue weighted by Crippen LogP contribution is -2.37. The standard InChI is InChI=1S/C14H16N2O3/c1-3-8-15-13(17)9-16-14(18)12-6-4-11(5-7-12)10-19-2/h1,4-7H,8-10H2,2H3,(H,15,17)(H,16,18). The monoisotopic (exact) mass is 260 g/mol. The van der Waals surface area contributed by atoms with E-state index in [1.54, 1.807) is 31.4 Å². The summed E-state index contributed by atoms with van der Waals surface area (Å²) in [5.41, 5.74) is 1.47. The minimum absolute atomic E-state index is 0.0969. The van der Waals surface area contributed by atoms with Crippen LogP contribution in [0.25, 0.3) is 0 Å². The van der Waals surface area contributed by atoms with Crippen molar-refractivity contribution in [2.24, 2.45) is 0 Å². The van der Waals surface area contributed by atoms with Gasteiger partial charge in [0, 0.05) is 12.7 Å². The van der Waals surface area contributed by atoms with Crippen molar-refractivity contribution in [1.82, 2.24) is 10.6 Å². The molecule has 100 valence electrons. The zero-order chi connectivity index (χ0) is 14.1. The van der Waals surface area contributed by atoms with Crippen molar-refractivity contribution in [3.63, 3.8) is 0 Å². The number of carbonyl (C=O) groups is 2. The highest BCUT2D eigenvalue weighted by molar-refractivity contribution is 5.96. The second kappa shape index (κ2) is 7.90. The third-order valence-corrected chi connectivity index (χ3v) is 2.32. The Morgan fingerprint density at radius 2 is 1.95 bits per heavy atom. The number of benzene rings is 1.